The smallest absolute Gasteiger partial charge is 0.408 e. The predicted molar refractivity (Wildman–Crippen MR) is 142 cm³/mol. The number of nitrogens with two attached hydrogens (primary N) is 1. The second-order valence-corrected chi connectivity index (χ2v) is 13.7. The molecular formula is C26H42N4O8S. The Bertz CT molecular complexity index is 1070. The van der Waals surface area contributed by atoms with E-state index in [1.807, 2.05) is 12.2 Å². The van der Waals surface area contributed by atoms with Gasteiger partial charge in [-0.3, -0.25) is 19.1 Å². The molecule has 1 aliphatic heterocycles. The third-order valence-corrected chi connectivity index (χ3v) is 8.84. The second-order valence-electron chi connectivity index (χ2n) is 11.8. The number of rotatable bonds is 13. The number of carbonyl (C=O) groups is 4. The molecule has 0 bridgehead atoms. The highest BCUT2D eigenvalue weighted by molar-refractivity contribution is 7.90. The highest BCUT2D eigenvalue weighted by atomic mass is 32.2. The highest BCUT2D eigenvalue weighted by Crippen LogP contribution is 2.40. The number of hydrogen-bond acceptors (Lipinski definition) is 8. The van der Waals surface area contributed by atoms with Gasteiger partial charge in [-0.2, -0.15) is 0 Å². The van der Waals surface area contributed by atoms with Crippen molar-refractivity contribution in [1.82, 2.24) is 14.9 Å². The van der Waals surface area contributed by atoms with Crippen molar-refractivity contribution in [3.05, 3.63) is 12.2 Å². The Labute approximate surface area is 230 Å². The minimum atomic E-state index is -3.52. The Morgan fingerprint density at radius 3 is 2.44 bits per heavy atom. The average molecular weight is 571 g/mol. The number of sulfonamides is 1. The number of nitrogens with zero attached hydrogens (tertiary/aromatic N) is 1. The minimum Gasteiger partial charge on any atom is -0.444 e. The first-order valence-corrected chi connectivity index (χ1v) is 15.2. The fourth-order valence-corrected chi connectivity index (χ4v) is 6.05. The molecule has 2 saturated carbocycles. The lowest BCUT2D eigenvalue weighted by Crippen LogP contribution is -2.53. The fourth-order valence-electron chi connectivity index (χ4n) is 4.70. The van der Waals surface area contributed by atoms with Gasteiger partial charge in [0.1, 0.15) is 17.7 Å². The van der Waals surface area contributed by atoms with Crippen LogP contribution in [0.4, 0.5) is 4.79 Å². The number of amides is 4. The van der Waals surface area contributed by atoms with Gasteiger partial charge in [-0.15, -0.1) is 0 Å². The van der Waals surface area contributed by atoms with Crippen molar-refractivity contribution in [3.8, 4) is 0 Å². The predicted octanol–water partition coefficient (Wildman–Crippen LogP) is 1.08. The molecule has 3 aliphatic rings. The van der Waals surface area contributed by atoms with Gasteiger partial charge >= 0.3 is 6.09 Å². The molecule has 0 spiro atoms. The summed E-state index contributed by atoms with van der Waals surface area (Å²) in [5.74, 6) is -1.86. The van der Waals surface area contributed by atoms with Gasteiger partial charge in [-0.1, -0.05) is 25.0 Å². The van der Waals surface area contributed by atoms with Crippen LogP contribution in [-0.2, 0) is 29.1 Å². The average Bonchev–Trinajstić information content (AvgIpc) is 3.73. The summed E-state index contributed by atoms with van der Waals surface area (Å²) in [6, 6.07) is -1.86. The zero-order valence-electron chi connectivity index (χ0n) is 22.9. The molecule has 39 heavy (non-hydrogen) atoms. The number of alkyl carbamates (subject to hydrolysis) is 1. The first kappa shape index (κ1) is 30.9. The Morgan fingerprint density at radius 2 is 1.82 bits per heavy atom. The lowest BCUT2D eigenvalue weighted by molar-refractivity contribution is -0.139. The summed E-state index contributed by atoms with van der Waals surface area (Å²) >= 11 is 0. The van der Waals surface area contributed by atoms with E-state index in [-0.39, 0.29) is 24.8 Å². The molecule has 1 heterocycles. The summed E-state index contributed by atoms with van der Waals surface area (Å²) in [5, 5.41) is 12.2. The van der Waals surface area contributed by atoms with E-state index in [0.717, 1.165) is 19.3 Å². The molecule has 5 unspecified atom stereocenters. The largest absolute Gasteiger partial charge is 0.444 e. The number of unbranched alkanes of at least 4 members (excludes halogenated alkanes) is 3. The van der Waals surface area contributed by atoms with Crippen LogP contribution in [0.5, 0.6) is 0 Å². The number of ether oxygens (including phenoxy) is 1. The summed E-state index contributed by atoms with van der Waals surface area (Å²) in [6.07, 6.45) is 7.52. The van der Waals surface area contributed by atoms with Crippen molar-refractivity contribution in [2.24, 2.45) is 17.6 Å². The molecule has 220 valence electrons. The number of primary amides is 1. The zero-order valence-corrected chi connectivity index (χ0v) is 23.7. The number of aliphatic hydroxyl groups is 1. The normalized spacial score (nSPS) is 25.8. The van der Waals surface area contributed by atoms with E-state index in [1.54, 1.807) is 20.8 Å². The molecular weight excluding hydrogens is 528 g/mol. The van der Waals surface area contributed by atoms with E-state index in [1.165, 1.54) is 4.90 Å². The topological polar surface area (TPSA) is 185 Å². The Balaban J connectivity index is 1.43. The number of likely N-dealkylation sites (tertiary alicyclic amines) is 1. The van der Waals surface area contributed by atoms with Crippen LogP contribution >= 0.6 is 0 Å². The van der Waals surface area contributed by atoms with Crippen molar-refractivity contribution in [1.29, 1.82) is 0 Å². The molecule has 0 radical (unpaired) electrons. The molecule has 0 aromatic heterocycles. The van der Waals surface area contributed by atoms with Gasteiger partial charge < -0.3 is 25.8 Å². The lowest BCUT2D eigenvalue weighted by atomic mass is 10.0. The maximum Gasteiger partial charge on any atom is 0.408 e. The van der Waals surface area contributed by atoms with Crippen LogP contribution in [0.2, 0.25) is 0 Å². The van der Waals surface area contributed by atoms with Crippen LogP contribution in [0.25, 0.3) is 0 Å². The summed E-state index contributed by atoms with van der Waals surface area (Å²) < 4.78 is 31.3. The summed E-state index contributed by atoms with van der Waals surface area (Å²) in [4.78, 5) is 50.8. The molecule has 5 N–H and O–H groups in total. The highest BCUT2D eigenvalue weighted by Gasteiger charge is 2.45. The maximum atomic E-state index is 13.2. The van der Waals surface area contributed by atoms with Crippen LogP contribution in [0.15, 0.2) is 12.2 Å². The Kier molecular flexibility index (Phi) is 10.0. The maximum absolute atomic E-state index is 13.2. The van der Waals surface area contributed by atoms with E-state index >= 15 is 0 Å². The Hall–Kier alpha value is -2.67. The van der Waals surface area contributed by atoms with E-state index < -0.39 is 62.9 Å². The van der Waals surface area contributed by atoms with E-state index in [0.29, 0.717) is 32.1 Å². The van der Waals surface area contributed by atoms with Crippen molar-refractivity contribution < 1.29 is 37.4 Å². The molecule has 2 aliphatic carbocycles. The van der Waals surface area contributed by atoms with Crippen molar-refractivity contribution in [3.63, 3.8) is 0 Å². The monoisotopic (exact) mass is 570 g/mol. The van der Waals surface area contributed by atoms with Gasteiger partial charge in [0.05, 0.1) is 11.4 Å². The van der Waals surface area contributed by atoms with E-state index in [9.17, 15) is 32.7 Å². The van der Waals surface area contributed by atoms with Gasteiger partial charge in [-0.05, 0) is 65.2 Å². The molecule has 3 rings (SSSR count). The number of allylic oxidation sites excluding steroid dienone is 2. The molecule has 13 heteroatoms. The fraction of sp³-hybridized carbons (Fsp3) is 0.769. The standard InChI is InChI=1S/C26H42N4O8S/c1-26(2,3)38-25(35)28-20(24(34)30-15-17(31)14-21(30)22(27)32)10-8-6-4-5-7-9-16-13-19(16)23(33)29-39(36,37)18-11-12-18/h7,9,16-21,31H,4-6,8,10-15H2,1-3H3,(H2,27,32)(H,28,35)(H,29,33). The van der Waals surface area contributed by atoms with E-state index in [4.69, 9.17) is 10.5 Å². The van der Waals surface area contributed by atoms with Gasteiger partial charge in [0.25, 0.3) is 0 Å². The van der Waals surface area contributed by atoms with Gasteiger partial charge in [0.2, 0.25) is 27.7 Å². The van der Waals surface area contributed by atoms with Crippen LogP contribution in [0.1, 0.15) is 78.6 Å². The SMILES string of the molecule is CC(C)(C)OC(=O)NC(CCCCCC=CC1CC1C(=O)NS(=O)(=O)C1CC1)C(=O)N1CC(O)CC1C(N)=O. The number of nitrogens with one attached hydrogen (secondary N) is 2. The first-order valence-electron chi connectivity index (χ1n) is 13.7. The van der Waals surface area contributed by atoms with E-state index in [2.05, 4.69) is 10.0 Å². The Morgan fingerprint density at radius 1 is 1.13 bits per heavy atom. The van der Waals surface area contributed by atoms with Crippen molar-refractivity contribution in [2.45, 2.75) is 108 Å². The van der Waals surface area contributed by atoms with Crippen LogP contribution < -0.4 is 15.8 Å². The number of aliphatic hydroxyl groups excluding tert-OH is 1. The third kappa shape index (κ3) is 9.48. The van der Waals surface area contributed by atoms with Crippen LogP contribution in [0, 0.1) is 11.8 Å². The number of carbonyl (C=O) groups excluding carboxylic acids is 4. The van der Waals surface area contributed by atoms with Crippen LogP contribution in [0.3, 0.4) is 0 Å². The summed E-state index contributed by atoms with van der Waals surface area (Å²) in [5.41, 5.74) is 4.67. The van der Waals surface area contributed by atoms with Gasteiger partial charge in [0.15, 0.2) is 0 Å². The lowest BCUT2D eigenvalue weighted by Gasteiger charge is -2.28. The molecule has 1 saturated heterocycles. The minimum absolute atomic E-state index is 0.0313. The molecule has 0 aromatic carbocycles. The van der Waals surface area contributed by atoms with Crippen molar-refractivity contribution in [2.75, 3.05) is 6.54 Å². The van der Waals surface area contributed by atoms with Gasteiger partial charge in [0, 0.05) is 18.9 Å². The molecule has 0 aromatic rings. The molecule has 3 fully saturated rings. The summed E-state index contributed by atoms with van der Waals surface area (Å²) in [6.45, 7) is 5.10. The molecule has 4 amide bonds. The number of β-amino-alcohol motifs (C(OH)–C–C–N with tert-alkyl or cyclic N) is 1. The quantitative estimate of drug-likeness (QED) is 0.187. The molecule has 12 nitrogen and oxygen atoms in total. The van der Waals surface area contributed by atoms with Gasteiger partial charge in [-0.25, -0.2) is 13.2 Å². The van der Waals surface area contributed by atoms with Crippen LogP contribution in [-0.4, -0.2) is 77.8 Å². The molecule has 5 atom stereocenters. The summed E-state index contributed by atoms with van der Waals surface area (Å²) in [7, 11) is -3.52. The first-order chi connectivity index (χ1) is 18.2. The van der Waals surface area contributed by atoms with Crippen molar-refractivity contribution >= 4 is 33.8 Å². The second kappa shape index (κ2) is 12.7. The zero-order chi connectivity index (χ0) is 29.0. The number of hydrogen-bond donors (Lipinski definition) is 4. The third-order valence-electron chi connectivity index (χ3n) is 7.01.